The summed E-state index contributed by atoms with van der Waals surface area (Å²) in [7, 11) is 0. The van der Waals surface area contributed by atoms with Gasteiger partial charge in [-0.2, -0.15) is 0 Å². The van der Waals surface area contributed by atoms with Crippen molar-refractivity contribution in [2.24, 2.45) is 5.92 Å². The summed E-state index contributed by atoms with van der Waals surface area (Å²) in [5.41, 5.74) is 8.95. The summed E-state index contributed by atoms with van der Waals surface area (Å²) in [6, 6.07) is 19.1. The van der Waals surface area contributed by atoms with E-state index in [9.17, 15) is 4.79 Å². The Balaban J connectivity index is 1.66. The van der Waals surface area contributed by atoms with Crippen molar-refractivity contribution in [1.82, 2.24) is 4.90 Å². The molecule has 0 bridgehead atoms. The van der Waals surface area contributed by atoms with Gasteiger partial charge in [-0.05, 0) is 48.1 Å². The summed E-state index contributed by atoms with van der Waals surface area (Å²) in [6.07, 6.45) is 6.37. The van der Waals surface area contributed by atoms with Crippen LogP contribution in [-0.4, -0.2) is 23.4 Å². The second-order valence-electron chi connectivity index (χ2n) is 7.16. The maximum atomic E-state index is 12.7. The van der Waals surface area contributed by atoms with Gasteiger partial charge in [-0.15, -0.1) is 0 Å². The minimum absolute atomic E-state index is 0.192. The van der Waals surface area contributed by atoms with Gasteiger partial charge in [0.05, 0.1) is 5.70 Å². The van der Waals surface area contributed by atoms with Crippen molar-refractivity contribution in [2.45, 2.75) is 31.7 Å². The normalized spacial score (nSPS) is 22.2. The molecule has 25 heavy (non-hydrogen) atoms. The van der Waals surface area contributed by atoms with Gasteiger partial charge >= 0.3 is 0 Å². The lowest BCUT2D eigenvalue weighted by Crippen LogP contribution is -2.66. The van der Waals surface area contributed by atoms with Gasteiger partial charge in [0.2, 0.25) is 5.91 Å². The van der Waals surface area contributed by atoms with Crippen molar-refractivity contribution in [1.29, 1.82) is 0 Å². The number of piperidine rings is 1. The van der Waals surface area contributed by atoms with E-state index in [1.54, 1.807) is 0 Å². The smallest absolute Gasteiger partial charge is 0.230 e. The predicted molar refractivity (Wildman–Crippen MR) is 100 cm³/mol. The molecule has 2 aromatic rings. The van der Waals surface area contributed by atoms with Crippen LogP contribution in [0.1, 0.15) is 31.2 Å². The molecule has 0 spiro atoms. The van der Waals surface area contributed by atoms with E-state index in [4.69, 9.17) is 0 Å². The molecule has 1 saturated carbocycles. The molecule has 2 aliphatic rings. The molecule has 3 heteroatoms. The van der Waals surface area contributed by atoms with Crippen molar-refractivity contribution in [3.05, 3.63) is 65.9 Å². The van der Waals surface area contributed by atoms with E-state index in [1.807, 2.05) is 11.0 Å². The van der Waals surface area contributed by atoms with Gasteiger partial charge in [-0.25, -0.2) is 0 Å². The highest BCUT2D eigenvalue weighted by atomic mass is 16.2. The lowest BCUT2D eigenvalue weighted by atomic mass is 9.97. The first-order valence-corrected chi connectivity index (χ1v) is 9.24. The summed E-state index contributed by atoms with van der Waals surface area (Å²) in [6.45, 7) is 0.839. The molecular formula is C22H25N2O+. The molecule has 2 aromatic carbocycles. The minimum atomic E-state index is 0.192. The molecule has 1 aliphatic carbocycles. The molecular weight excluding hydrogens is 308 g/mol. The quantitative estimate of drug-likeness (QED) is 0.920. The van der Waals surface area contributed by atoms with Crippen LogP contribution in [0.4, 0.5) is 0 Å². The fraction of sp³-hybridized carbons (Fsp3) is 0.318. The number of likely N-dealkylation sites (tertiary alicyclic amines) is 1. The number of benzene rings is 2. The average Bonchev–Trinajstić information content (AvgIpc) is 3.49. The summed E-state index contributed by atoms with van der Waals surface area (Å²) >= 11 is 0. The van der Waals surface area contributed by atoms with Crippen LogP contribution in [0.5, 0.6) is 0 Å². The van der Waals surface area contributed by atoms with Gasteiger partial charge in [0, 0.05) is 18.9 Å². The molecule has 4 rings (SSSR count). The van der Waals surface area contributed by atoms with Crippen LogP contribution in [-0.2, 0) is 4.79 Å². The van der Waals surface area contributed by atoms with Crippen LogP contribution in [0.3, 0.4) is 0 Å². The zero-order valence-corrected chi connectivity index (χ0v) is 14.5. The number of quaternary nitrogens is 1. The molecule has 2 fully saturated rings. The molecule has 1 saturated heterocycles. The summed E-state index contributed by atoms with van der Waals surface area (Å²) < 4.78 is 0. The van der Waals surface area contributed by atoms with E-state index < -0.39 is 0 Å². The number of nitrogens with zero attached hydrogens (tertiary/aromatic N) is 1. The van der Waals surface area contributed by atoms with E-state index in [0.717, 1.165) is 43.5 Å². The first-order valence-electron chi connectivity index (χ1n) is 9.24. The topological polar surface area (TPSA) is 48.0 Å². The Kier molecular flexibility index (Phi) is 4.41. The molecule has 3 N–H and O–H groups in total. The molecule has 1 atom stereocenters. The molecule has 1 heterocycles. The third kappa shape index (κ3) is 3.52. The van der Waals surface area contributed by atoms with Gasteiger partial charge in [-0.1, -0.05) is 48.5 Å². The first-order chi connectivity index (χ1) is 12.2. The Morgan fingerprint density at radius 2 is 1.76 bits per heavy atom. The Hall–Kier alpha value is -2.39. The van der Waals surface area contributed by atoms with Gasteiger partial charge in [0.25, 0.3) is 0 Å². The lowest BCUT2D eigenvalue weighted by Gasteiger charge is -2.32. The van der Waals surface area contributed by atoms with Crippen LogP contribution in [0, 0.1) is 5.92 Å². The van der Waals surface area contributed by atoms with Crippen LogP contribution < -0.4 is 5.73 Å². The van der Waals surface area contributed by atoms with Crippen molar-refractivity contribution in [3.8, 4) is 11.1 Å². The predicted octanol–water partition coefficient (Wildman–Crippen LogP) is 3.34. The lowest BCUT2D eigenvalue weighted by molar-refractivity contribution is -0.413. The van der Waals surface area contributed by atoms with E-state index in [1.165, 1.54) is 11.1 Å². The van der Waals surface area contributed by atoms with Gasteiger partial charge in [-0.3, -0.25) is 4.79 Å². The zero-order valence-electron chi connectivity index (χ0n) is 14.5. The number of carbonyl (C=O) groups is 1. The SMILES string of the molecule is [NH3+]C1CCCN(C(=O)C2CC2)/C1=C/c1cccc(-c2ccccc2)c1. The van der Waals surface area contributed by atoms with Crippen molar-refractivity contribution in [2.75, 3.05) is 6.54 Å². The number of hydrogen-bond acceptors (Lipinski definition) is 1. The number of amides is 1. The molecule has 0 aromatic heterocycles. The van der Waals surface area contributed by atoms with Crippen LogP contribution >= 0.6 is 0 Å². The number of rotatable bonds is 3. The largest absolute Gasteiger partial charge is 0.350 e. The molecule has 1 amide bonds. The Morgan fingerprint density at radius 1 is 1.00 bits per heavy atom. The summed E-state index contributed by atoms with van der Waals surface area (Å²) in [5.74, 6) is 0.558. The summed E-state index contributed by atoms with van der Waals surface area (Å²) in [5, 5.41) is 0. The minimum Gasteiger partial charge on any atom is -0.350 e. The molecule has 1 aliphatic heterocycles. The zero-order chi connectivity index (χ0) is 17.2. The molecule has 0 radical (unpaired) electrons. The van der Waals surface area contributed by atoms with E-state index in [2.05, 4.69) is 60.3 Å². The van der Waals surface area contributed by atoms with Crippen molar-refractivity contribution in [3.63, 3.8) is 0 Å². The summed E-state index contributed by atoms with van der Waals surface area (Å²) in [4.78, 5) is 14.7. The van der Waals surface area contributed by atoms with Gasteiger partial charge in [0.15, 0.2) is 0 Å². The maximum Gasteiger partial charge on any atom is 0.230 e. The third-order valence-corrected chi connectivity index (χ3v) is 5.17. The van der Waals surface area contributed by atoms with E-state index >= 15 is 0 Å². The highest BCUT2D eigenvalue weighted by Gasteiger charge is 2.38. The monoisotopic (exact) mass is 333 g/mol. The second-order valence-corrected chi connectivity index (χ2v) is 7.16. The first kappa shape index (κ1) is 16.1. The number of carbonyl (C=O) groups excluding carboxylic acids is 1. The van der Waals surface area contributed by atoms with Crippen LogP contribution in [0.2, 0.25) is 0 Å². The van der Waals surface area contributed by atoms with Crippen LogP contribution in [0.15, 0.2) is 60.3 Å². The van der Waals surface area contributed by atoms with E-state index in [0.29, 0.717) is 5.91 Å². The maximum absolute atomic E-state index is 12.7. The Labute approximate surface area is 149 Å². The van der Waals surface area contributed by atoms with Crippen molar-refractivity contribution >= 4 is 12.0 Å². The second kappa shape index (κ2) is 6.85. The van der Waals surface area contributed by atoms with Crippen molar-refractivity contribution < 1.29 is 10.5 Å². The Morgan fingerprint density at radius 3 is 2.52 bits per heavy atom. The van der Waals surface area contributed by atoms with E-state index in [-0.39, 0.29) is 12.0 Å². The molecule has 3 nitrogen and oxygen atoms in total. The standard InChI is InChI=1S/C22H24N2O/c23-20-10-5-13-24(22(25)18-11-12-18)21(20)15-16-6-4-9-19(14-16)17-7-2-1-3-8-17/h1-4,6-9,14-15,18,20H,5,10-13,23H2/p+1/b21-15+. The van der Waals surface area contributed by atoms with Crippen LogP contribution in [0.25, 0.3) is 17.2 Å². The highest BCUT2D eigenvalue weighted by Crippen LogP contribution is 2.34. The fourth-order valence-corrected chi connectivity index (χ4v) is 3.59. The highest BCUT2D eigenvalue weighted by molar-refractivity contribution is 5.84. The van der Waals surface area contributed by atoms with Gasteiger partial charge < -0.3 is 10.6 Å². The third-order valence-electron chi connectivity index (χ3n) is 5.17. The fourth-order valence-electron chi connectivity index (χ4n) is 3.59. The number of hydrogen-bond donors (Lipinski definition) is 1. The molecule has 1 unspecified atom stereocenters. The average molecular weight is 333 g/mol. The Bertz CT molecular complexity index is 793. The van der Waals surface area contributed by atoms with Gasteiger partial charge in [0.1, 0.15) is 6.04 Å². The molecule has 128 valence electrons.